The zero-order valence-corrected chi connectivity index (χ0v) is 8.29. The summed E-state index contributed by atoms with van der Waals surface area (Å²) in [4.78, 5) is 0. The fraction of sp³-hybridized carbons (Fsp3) is 0.364. The van der Waals surface area contributed by atoms with Gasteiger partial charge in [-0.3, -0.25) is 5.41 Å². The van der Waals surface area contributed by atoms with Crippen molar-refractivity contribution in [1.29, 1.82) is 5.41 Å². The minimum atomic E-state index is -0.501. The number of nitrogens with two attached hydrogens (primary N) is 1. The normalized spacial score (nSPS) is 15.8. The molecule has 0 amide bonds. The van der Waals surface area contributed by atoms with Gasteiger partial charge >= 0.3 is 0 Å². The topological polar surface area (TPSA) is 59.1 Å². The van der Waals surface area contributed by atoms with Crippen LogP contribution in [0, 0.1) is 11.2 Å². The highest BCUT2D eigenvalue weighted by atomic mass is 19.1. The monoisotopic (exact) mass is 208 g/mol. The molecule has 2 rings (SSSR count). The van der Waals surface area contributed by atoms with E-state index in [0.717, 1.165) is 19.3 Å². The van der Waals surface area contributed by atoms with Crippen LogP contribution in [0.1, 0.15) is 24.8 Å². The van der Waals surface area contributed by atoms with Crippen molar-refractivity contribution < 1.29 is 9.13 Å². The van der Waals surface area contributed by atoms with Crippen molar-refractivity contribution in [3.63, 3.8) is 0 Å². The Balaban J connectivity index is 2.27. The Kier molecular flexibility index (Phi) is 2.58. The summed E-state index contributed by atoms with van der Waals surface area (Å²) in [5.41, 5.74) is 5.39. The van der Waals surface area contributed by atoms with Gasteiger partial charge in [-0.2, -0.15) is 0 Å². The van der Waals surface area contributed by atoms with Crippen LogP contribution in [0.3, 0.4) is 0 Å². The highest BCUT2D eigenvalue weighted by Gasteiger charge is 2.22. The van der Waals surface area contributed by atoms with E-state index >= 15 is 0 Å². The predicted molar refractivity (Wildman–Crippen MR) is 55.7 cm³/mol. The van der Waals surface area contributed by atoms with Crippen LogP contribution in [0.4, 0.5) is 4.39 Å². The molecule has 0 spiro atoms. The van der Waals surface area contributed by atoms with Crippen LogP contribution in [-0.4, -0.2) is 11.9 Å². The molecule has 80 valence electrons. The molecule has 4 heteroatoms. The molecule has 1 aliphatic carbocycles. The van der Waals surface area contributed by atoms with Gasteiger partial charge in [0.25, 0.3) is 0 Å². The van der Waals surface area contributed by atoms with Crippen LogP contribution >= 0.6 is 0 Å². The second kappa shape index (κ2) is 3.88. The number of amidine groups is 1. The summed E-state index contributed by atoms with van der Waals surface area (Å²) < 4.78 is 18.9. The highest BCUT2D eigenvalue weighted by molar-refractivity contribution is 5.97. The van der Waals surface area contributed by atoms with E-state index in [9.17, 15) is 4.39 Å². The standard InChI is InChI=1S/C11H13FN2O/c12-8-5-2-6-9(10(8)11(13)14)15-7-3-1-4-7/h2,5-7H,1,3-4H2,(H3,13,14). The van der Waals surface area contributed by atoms with Gasteiger partial charge in [0.2, 0.25) is 0 Å². The third-order valence-electron chi connectivity index (χ3n) is 2.59. The van der Waals surface area contributed by atoms with Gasteiger partial charge in [0, 0.05) is 0 Å². The Morgan fingerprint density at radius 1 is 1.47 bits per heavy atom. The Morgan fingerprint density at radius 2 is 2.20 bits per heavy atom. The third kappa shape index (κ3) is 1.93. The molecule has 0 unspecified atom stereocenters. The largest absolute Gasteiger partial charge is 0.490 e. The molecule has 15 heavy (non-hydrogen) atoms. The molecule has 0 atom stereocenters. The Labute approximate surface area is 87.6 Å². The summed E-state index contributed by atoms with van der Waals surface area (Å²) in [6.45, 7) is 0. The van der Waals surface area contributed by atoms with Crippen LogP contribution in [0.5, 0.6) is 5.75 Å². The zero-order valence-electron chi connectivity index (χ0n) is 8.29. The average molecular weight is 208 g/mol. The summed E-state index contributed by atoms with van der Waals surface area (Å²) in [6.07, 6.45) is 3.29. The summed E-state index contributed by atoms with van der Waals surface area (Å²) in [5.74, 6) is -0.408. The van der Waals surface area contributed by atoms with E-state index < -0.39 is 5.82 Å². The molecule has 1 aliphatic rings. The van der Waals surface area contributed by atoms with Crippen LogP contribution < -0.4 is 10.5 Å². The number of ether oxygens (including phenoxy) is 1. The summed E-state index contributed by atoms with van der Waals surface area (Å²) in [5, 5.41) is 7.29. The van der Waals surface area contributed by atoms with Gasteiger partial charge in [-0.1, -0.05) is 6.07 Å². The van der Waals surface area contributed by atoms with Gasteiger partial charge in [0.1, 0.15) is 17.4 Å². The van der Waals surface area contributed by atoms with Gasteiger partial charge < -0.3 is 10.5 Å². The van der Waals surface area contributed by atoms with Crippen LogP contribution in [0.25, 0.3) is 0 Å². The molecule has 1 aromatic rings. The summed E-state index contributed by atoms with van der Waals surface area (Å²) in [6, 6.07) is 4.50. The average Bonchev–Trinajstić information content (AvgIpc) is 2.10. The van der Waals surface area contributed by atoms with Gasteiger partial charge in [-0.25, -0.2) is 4.39 Å². The maximum absolute atomic E-state index is 13.4. The lowest BCUT2D eigenvalue weighted by molar-refractivity contribution is 0.119. The van der Waals surface area contributed by atoms with E-state index in [-0.39, 0.29) is 17.5 Å². The highest BCUT2D eigenvalue weighted by Crippen LogP contribution is 2.28. The zero-order chi connectivity index (χ0) is 10.8. The molecule has 3 nitrogen and oxygen atoms in total. The maximum atomic E-state index is 13.4. The van der Waals surface area contributed by atoms with Gasteiger partial charge in [-0.15, -0.1) is 0 Å². The fourth-order valence-electron chi connectivity index (χ4n) is 1.53. The SMILES string of the molecule is N=C(N)c1c(F)cccc1OC1CCC1. The summed E-state index contributed by atoms with van der Waals surface area (Å²) in [7, 11) is 0. The van der Waals surface area contributed by atoms with Crippen molar-refractivity contribution >= 4 is 5.84 Å². The van der Waals surface area contributed by atoms with Crippen LogP contribution in [-0.2, 0) is 0 Å². The van der Waals surface area contributed by atoms with Crippen molar-refractivity contribution in [2.24, 2.45) is 5.73 Å². The molecule has 0 aromatic heterocycles. The molecular formula is C11H13FN2O. The van der Waals surface area contributed by atoms with E-state index in [1.807, 2.05) is 0 Å². The molecule has 0 bridgehead atoms. The Bertz CT molecular complexity index is 388. The third-order valence-corrected chi connectivity index (χ3v) is 2.59. The number of hydrogen-bond donors (Lipinski definition) is 2. The number of hydrogen-bond acceptors (Lipinski definition) is 2. The first-order valence-corrected chi connectivity index (χ1v) is 4.98. The number of halogens is 1. The predicted octanol–water partition coefficient (Wildman–Crippen LogP) is 2.04. The number of benzene rings is 1. The van der Waals surface area contributed by atoms with Gasteiger partial charge in [0.05, 0.1) is 11.7 Å². The first-order chi connectivity index (χ1) is 7.18. The quantitative estimate of drug-likeness (QED) is 0.590. The summed E-state index contributed by atoms with van der Waals surface area (Å²) >= 11 is 0. The molecule has 0 heterocycles. The molecular weight excluding hydrogens is 195 g/mol. The smallest absolute Gasteiger partial charge is 0.137 e. The second-order valence-electron chi connectivity index (χ2n) is 3.70. The minimum Gasteiger partial charge on any atom is -0.490 e. The Morgan fingerprint density at radius 3 is 2.73 bits per heavy atom. The molecule has 0 saturated heterocycles. The number of nitrogen functional groups attached to an aromatic ring is 1. The molecule has 1 saturated carbocycles. The lowest BCUT2D eigenvalue weighted by Gasteiger charge is -2.27. The van der Waals surface area contributed by atoms with E-state index in [4.69, 9.17) is 15.9 Å². The first-order valence-electron chi connectivity index (χ1n) is 4.98. The molecule has 0 aliphatic heterocycles. The first kappa shape index (κ1) is 9.96. The van der Waals surface area contributed by atoms with Crippen molar-refractivity contribution in [1.82, 2.24) is 0 Å². The van der Waals surface area contributed by atoms with E-state index in [1.54, 1.807) is 12.1 Å². The minimum absolute atomic E-state index is 0.0735. The fourth-order valence-corrected chi connectivity index (χ4v) is 1.53. The number of nitrogens with one attached hydrogen (secondary N) is 1. The molecule has 1 aromatic carbocycles. The van der Waals surface area contributed by atoms with E-state index in [1.165, 1.54) is 6.07 Å². The van der Waals surface area contributed by atoms with Crippen molar-refractivity contribution in [3.05, 3.63) is 29.6 Å². The van der Waals surface area contributed by atoms with E-state index in [0.29, 0.717) is 5.75 Å². The van der Waals surface area contributed by atoms with Crippen molar-refractivity contribution in [2.75, 3.05) is 0 Å². The van der Waals surface area contributed by atoms with Crippen molar-refractivity contribution in [3.8, 4) is 5.75 Å². The van der Waals surface area contributed by atoms with Gasteiger partial charge in [-0.05, 0) is 31.4 Å². The Hall–Kier alpha value is -1.58. The maximum Gasteiger partial charge on any atom is 0.137 e. The molecule has 1 fully saturated rings. The van der Waals surface area contributed by atoms with Crippen LogP contribution in [0.15, 0.2) is 18.2 Å². The van der Waals surface area contributed by atoms with Crippen molar-refractivity contribution in [2.45, 2.75) is 25.4 Å². The molecule has 3 N–H and O–H groups in total. The second-order valence-corrected chi connectivity index (χ2v) is 3.70. The molecule has 0 radical (unpaired) electrons. The van der Waals surface area contributed by atoms with Gasteiger partial charge in [0.15, 0.2) is 0 Å². The lowest BCUT2D eigenvalue weighted by atomic mass is 9.96. The van der Waals surface area contributed by atoms with E-state index in [2.05, 4.69) is 0 Å². The lowest BCUT2D eigenvalue weighted by Crippen LogP contribution is -2.26. The van der Waals surface area contributed by atoms with Crippen LogP contribution in [0.2, 0.25) is 0 Å². The number of rotatable bonds is 3.